The maximum atomic E-state index is 11.6. The molecule has 70 valence electrons. The highest BCUT2D eigenvalue weighted by molar-refractivity contribution is 7.96. The van der Waals surface area contributed by atoms with Crippen molar-refractivity contribution >= 4 is 23.5 Å². The molecule has 12 heavy (non-hydrogen) atoms. The summed E-state index contributed by atoms with van der Waals surface area (Å²) in [5, 5.41) is -0.346. The normalized spacial score (nSPS) is 14.1. The summed E-state index contributed by atoms with van der Waals surface area (Å²) < 4.78 is 0. The van der Waals surface area contributed by atoms with Gasteiger partial charge in [0.25, 0.3) is 0 Å². The van der Waals surface area contributed by atoms with E-state index in [4.69, 9.17) is 0 Å². The molecule has 0 bridgehead atoms. The van der Waals surface area contributed by atoms with Gasteiger partial charge in [-0.25, -0.2) is 0 Å². The Morgan fingerprint density at radius 2 is 1.83 bits per heavy atom. The van der Waals surface area contributed by atoms with Crippen LogP contribution >= 0.6 is 12.6 Å². The molecule has 0 N–H and O–H groups in total. The molecule has 0 aliphatic heterocycles. The van der Waals surface area contributed by atoms with Gasteiger partial charge in [-0.15, -0.1) is 12.6 Å². The van der Waals surface area contributed by atoms with Crippen molar-refractivity contribution in [2.75, 3.05) is 0 Å². The second-order valence-corrected chi connectivity index (χ2v) is 4.10. The van der Waals surface area contributed by atoms with Crippen LogP contribution in [0.25, 0.3) is 0 Å². The minimum atomic E-state index is -0.580. The molecule has 0 saturated carbocycles. The smallest absolute Gasteiger partial charge is 0.196 e. The van der Waals surface area contributed by atoms with Crippen molar-refractivity contribution in [2.24, 2.45) is 11.3 Å². The van der Waals surface area contributed by atoms with Gasteiger partial charge < -0.3 is 0 Å². The van der Waals surface area contributed by atoms with E-state index in [1.54, 1.807) is 6.92 Å². The fraction of sp³-hybridized carbons (Fsp3) is 0.778. The van der Waals surface area contributed by atoms with Gasteiger partial charge in [0.05, 0.1) is 5.92 Å². The van der Waals surface area contributed by atoms with Crippen molar-refractivity contribution in [2.45, 2.75) is 34.1 Å². The monoisotopic (exact) mass is 188 g/mol. The quantitative estimate of drug-likeness (QED) is 0.541. The van der Waals surface area contributed by atoms with Crippen molar-refractivity contribution in [3.8, 4) is 0 Å². The lowest BCUT2D eigenvalue weighted by Crippen LogP contribution is -2.31. The Morgan fingerprint density at radius 1 is 1.42 bits per heavy atom. The maximum Gasteiger partial charge on any atom is 0.196 e. The van der Waals surface area contributed by atoms with Crippen LogP contribution in [0, 0.1) is 11.3 Å². The van der Waals surface area contributed by atoms with E-state index in [1.807, 2.05) is 20.8 Å². The summed E-state index contributed by atoms with van der Waals surface area (Å²) in [7, 11) is 0. The van der Waals surface area contributed by atoms with E-state index in [-0.39, 0.29) is 10.9 Å². The molecule has 0 aromatic carbocycles. The van der Waals surface area contributed by atoms with Crippen molar-refractivity contribution in [3.05, 3.63) is 0 Å². The van der Waals surface area contributed by atoms with E-state index in [0.717, 1.165) is 6.42 Å². The van der Waals surface area contributed by atoms with Crippen LogP contribution < -0.4 is 0 Å². The summed E-state index contributed by atoms with van der Waals surface area (Å²) in [6.07, 6.45) is 0.747. The molecule has 1 unspecified atom stereocenters. The van der Waals surface area contributed by atoms with Crippen LogP contribution in [0.3, 0.4) is 0 Å². The highest BCUT2D eigenvalue weighted by Crippen LogP contribution is 2.25. The van der Waals surface area contributed by atoms with E-state index < -0.39 is 11.3 Å². The number of ketones is 1. The van der Waals surface area contributed by atoms with E-state index in [2.05, 4.69) is 12.6 Å². The van der Waals surface area contributed by atoms with E-state index >= 15 is 0 Å². The first-order chi connectivity index (χ1) is 5.33. The van der Waals surface area contributed by atoms with E-state index in [9.17, 15) is 9.59 Å². The Balaban J connectivity index is 4.49. The van der Waals surface area contributed by atoms with Gasteiger partial charge >= 0.3 is 0 Å². The lowest BCUT2D eigenvalue weighted by Gasteiger charge is -2.23. The molecule has 0 fully saturated rings. The number of rotatable bonds is 4. The topological polar surface area (TPSA) is 34.1 Å². The van der Waals surface area contributed by atoms with Crippen molar-refractivity contribution in [3.63, 3.8) is 0 Å². The summed E-state index contributed by atoms with van der Waals surface area (Å²) in [6, 6.07) is 0. The van der Waals surface area contributed by atoms with Crippen LogP contribution in [-0.2, 0) is 9.59 Å². The van der Waals surface area contributed by atoms with Gasteiger partial charge in [-0.2, -0.15) is 0 Å². The molecule has 1 atom stereocenters. The first-order valence-electron chi connectivity index (χ1n) is 4.10. The first-order valence-corrected chi connectivity index (χ1v) is 4.54. The second-order valence-electron chi connectivity index (χ2n) is 3.66. The predicted molar refractivity (Wildman–Crippen MR) is 52.2 cm³/mol. The Hall–Kier alpha value is -0.310. The minimum absolute atomic E-state index is 0.0231. The van der Waals surface area contributed by atoms with Crippen LogP contribution in [0.5, 0.6) is 0 Å². The third-order valence-electron chi connectivity index (χ3n) is 2.31. The number of Topliss-reactive ketones (excluding diaryl/α,β-unsaturated/α-hetero) is 1. The van der Waals surface area contributed by atoms with Crippen LogP contribution in [-0.4, -0.2) is 10.9 Å². The lowest BCUT2D eigenvalue weighted by atomic mass is 9.80. The molecule has 0 aromatic heterocycles. The maximum absolute atomic E-state index is 11.6. The summed E-state index contributed by atoms with van der Waals surface area (Å²) in [5.41, 5.74) is -0.405. The standard InChI is InChI=1S/C9H16O2S/c1-5-9(3,4)7(10)6(2)8(11)12/h6H,5H2,1-4H3,(H,11,12). The zero-order valence-electron chi connectivity index (χ0n) is 8.05. The average Bonchev–Trinajstić information content (AvgIpc) is 2.01. The Morgan fingerprint density at radius 3 is 2.08 bits per heavy atom. The number of hydrogen-bond donors (Lipinski definition) is 1. The van der Waals surface area contributed by atoms with Crippen molar-refractivity contribution in [1.82, 2.24) is 0 Å². The second kappa shape index (κ2) is 4.08. The molecule has 0 spiro atoms. The fourth-order valence-corrected chi connectivity index (χ4v) is 0.990. The number of carbonyl (C=O) groups is 2. The Labute approximate surface area is 79.1 Å². The zero-order chi connectivity index (χ0) is 9.94. The van der Waals surface area contributed by atoms with Gasteiger partial charge in [-0.05, 0) is 13.3 Å². The highest BCUT2D eigenvalue weighted by atomic mass is 32.1. The first kappa shape index (κ1) is 11.7. The molecule has 3 heteroatoms. The molecular weight excluding hydrogens is 172 g/mol. The van der Waals surface area contributed by atoms with E-state index in [0.29, 0.717) is 0 Å². The van der Waals surface area contributed by atoms with Gasteiger partial charge in [-0.3, -0.25) is 9.59 Å². The van der Waals surface area contributed by atoms with Crippen LogP contribution in [0.15, 0.2) is 0 Å². The van der Waals surface area contributed by atoms with Crippen LogP contribution in [0.2, 0.25) is 0 Å². The Kier molecular flexibility index (Phi) is 3.97. The average molecular weight is 188 g/mol. The van der Waals surface area contributed by atoms with Crippen molar-refractivity contribution in [1.29, 1.82) is 0 Å². The number of carbonyl (C=O) groups excluding carboxylic acids is 2. The molecule has 0 amide bonds. The Bertz CT molecular complexity index is 197. The minimum Gasteiger partial charge on any atom is -0.298 e. The van der Waals surface area contributed by atoms with Crippen molar-refractivity contribution < 1.29 is 9.59 Å². The molecule has 0 heterocycles. The van der Waals surface area contributed by atoms with Gasteiger partial charge in [0.15, 0.2) is 5.12 Å². The summed E-state index contributed by atoms with van der Waals surface area (Å²) in [6.45, 7) is 7.24. The summed E-state index contributed by atoms with van der Waals surface area (Å²) >= 11 is 3.64. The lowest BCUT2D eigenvalue weighted by molar-refractivity contribution is -0.134. The molecule has 0 rings (SSSR count). The molecule has 0 radical (unpaired) electrons. The third-order valence-corrected chi connectivity index (χ3v) is 2.70. The highest BCUT2D eigenvalue weighted by Gasteiger charge is 2.31. The van der Waals surface area contributed by atoms with Crippen LogP contribution in [0.1, 0.15) is 34.1 Å². The SMILES string of the molecule is CCC(C)(C)C(=O)C(C)C(=O)S. The number of hydrogen-bond acceptors (Lipinski definition) is 2. The van der Waals surface area contributed by atoms with Gasteiger partial charge in [0.1, 0.15) is 5.78 Å². The third kappa shape index (κ3) is 2.63. The predicted octanol–water partition coefficient (Wildman–Crippen LogP) is 2.08. The number of thiol groups is 1. The van der Waals surface area contributed by atoms with E-state index in [1.165, 1.54) is 0 Å². The largest absolute Gasteiger partial charge is 0.298 e. The molecular formula is C9H16O2S. The van der Waals surface area contributed by atoms with Gasteiger partial charge in [0, 0.05) is 5.41 Å². The molecule has 2 nitrogen and oxygen atoms in total. The fourth-order valence-electron chi connectivity index (χ4n) is 0.872. The van der Waals surface area contributed by atoms with Gasteiger partial charge in [-0.1, -0.05) is 20.8 Å². The molecule has 0 aliphatic rings. The van der Waals surface area contributed by atoms with Crippen LogP contribution in [0.4, 0.5) is 0 Å². The zero-order valence-corrected chi connectivity index (χ0v) is 8.94. The van der Waals surface area contributed by atoms with Gasteiger partial charge in [0.2, 0.25) is 0 Å². The molecule has 0 aromatic rings. The molecule has 0 saturated heterocycles. The molecule has 0 aliphatic carbocycles. The summed E-state index contributed by atoms with van der Waals surface area (Å²) in [5.74, 6) is -0.603. The summed E-state index contributed by atoms with van der Waals surface area (Å²) in [4.78, 5) is 22.4.